The summed E-state index contributed by atoms with van der Waals surface area (Å²) >= 11 is 0. The standard InChI is InChI=1S/C16H22F3N3/c17-16(18,19)13-3-1-4-14(11-13)21-7-9-22(10-8-21)15-5-2-6-20-12-15/h1,3-4,11,15,20H,2,5-10,12H2/t15-/m0/s1. The molecule has 0 unspecified atom stereocenters. The largest absolute Gasteiger partial charge is 0.416 e. The number of hydrogen-bond acceptors (Lipinski definition) is 3. The molecule has 1 N–H and O–H groups in total. The first-order valence-corrected chi connectivity index (χ1v) is 7.91. The van der Waals surface area contributed by atoms with E-state index >= 15 is 0 Å². The van der Waals surface area contributed by atoms with E-state index in [4.69, 9.17) is 0 Å². The summed E-state index contributed by atoms with van der Waals surface area (Å²) in [5.41, 5.74) is 0.111. The Kier molecular flexibility index (Phi) is 4.59. The fourth-order valence-electron chi connectivity index (χ4n) is 3.37. The maximum absolute atomic E-state index is 12.8. The molecule has 3 nitrogen and oxygen atoms in total. The molecule has 0 radical (unpaired) electrons. The molecule has 0 bridgehead atoms. The Bertz CT molecular complexity index is 490. The predicted octanol–water partition coefficient (Wildman–Crippen LogP) is 2.58. The van der Waals surface area contributed by atoms with Crippen LogP contribution in [0, 0.1) is 0 Å². The summed E-state index contributed by atoms with van der Waals surface area (Å²) in [6.45, 7) is 5.55. The highest BCUT2D eigenvalue weighted by Crippen LogP contribution is 2.32. The molecular weight excluding hydrogens is 291 g/mol. The number of piperazine rings is 1. The summed E-state index contributed by atoms with van der Waals surface area (Å²) in [5, 5.41) is 3.42. The lowest BCUT2D eigenvalue weighted by Gasteiger charge is -2.41. The van der Waals surface area contributed by atoms with Crippen LogP contribution in [0.4, 0.5) is 18.9 Å². The monoisotopic (exact) mass is 313 g/mol. The third-order valence-corrected chi connectivity index (χ3v) is 4.64. The number of nitrogens with one attached hydrogen (secondary N) is 1. The summed E-state index contributed by atoms with van der Waals surface area (Å²) in [6, 6.07) is 6.24. The van der Waals surface area contributed by atoms with Crippen molar-refractivity contribution in [2.24, 2.45) is 0 Å². The van der Waals surface area contributed by atoms with Crippen LogP contribution in [0.5, 0.6) is 0 Å². The number of alkyl halides is 3. The number of halogens is 3. The van der Waals surface area contributed by atoms with Crippen LogP contribution in [-0.4, -0.2) is 50.2 Å². The van der Waals surface area contributed by atoms with Gasteiger partial charge in [0.25, 0.3) is 0 Å². The van der Waals surface area contributed by atoms with Crippen molar-refractivity contribution in [3.63, 3.8) is 0 Å². The van der Waals surface area contributed by atoms with Crippen LogP contribution in [0.25, 0.3) is 0 Å². The minimum atomic E-state index is -4.27. The topological polar surface area (TPSA) is 18.5 Å². The second-order valence-corrected chi connectivity index (χ2v) is 6.07. The van der Waals surface area contributed by atoms with Crippen molar-refractivity contribution in [2.75, 3.05) is 44.2 Å². The van der Waals surface area contributed by atoms with Crippen molar-refractivity contribution in [3.8, 4) is 0 Å². The van der Waals surface area contributed by atoms with Crippen LogP contribution in [-0.2, 0) is 6.18 Å². The molecule has 2 aliphatic heterocycles. The average molecular weight is 313 g/mol. The molecule has 22 heavy (non-hydrogen) atoms. The molecule has 0 aliphatic carbocycles. The minimum absolute atomic E-state index is 0.566. The van der Waals surface area contributed by atoms with Crippen molar-refractivity contribution < 1.29 is 13.2 Å². The molecule has 2 saturated heterocycles. The van der Waals surface area contributed by atoms with E-state index in [2.05, 4.69) is 15.1 Å². The van der Waals surface area contributed by atoms with Gasteiger partial charge in [-0.25, -0.2) is 0 Å². The molecule has 2 aliphatic rings. The zero-order valence-electron chi connectivity index (χ0n) is 12.6. The van der Waals surface area contributed by atoms with Crippen molar-refractivity contribution in [2.45, 2.75) is 25.1 Å². The minimum Gasteiger partial charge on any atom is -0.369 e. The van der Waals surface area contributed by atoms with Gasteiger partial charge < -0.3 is 10.2 Å². The molecule has 0 spiro atoms. The molecule has 1 aromatic rings. The Morgan fingerprint density at radius 1 is 1.09 bits per heavy atom. The van der Waals surface area contributed by atoms with Gasteiger partial charge >= 0.3 is 6.18 Å². The van der Waals surface area contributed by atoms with E-state index in [9.17, 15) is 13.2 Å². The molecule has 2 heterocycles. The summed E-state index contributed by atoms with van der Waals surface area (Å²) in [4.78, 5) is 4.53. The molecule has 2 fully saturated rings. The normalized spacial score (nSPS) is 24.5. The first-order chi connectivity index (χ1) is 10.5. The van der Waals surface area contributed by atoms with Crippen LogP contribution >= 0.6 is 0 Å². The van der Waals surface area contributed by atoms with Gasteiger partial charge in [0.2, 0.25) is 0 Å². The van der Waals surface area contributed by atoms with E-state index in [-0.39, 0.29) is 0 Å². The Labute approximate surface area is 129 Å². The van der Waals surface area contributed by atoms with Gasteiger partial charge in [0.05, 0.1) is 5.56 Å². The highest BCUT2D eigenvalue weighted by atomic mass is 19.4. The van der Waals surface area contributed by atoms with Gasteiger partial charge in [-0.2, -0.15) is 13.2 Å². The van der Waals surface area contributed by atoms with Gasteiger partial charge in [-0.15, -0.1) is 0 Å². The molecule has 3 rings (SSSR count). The molecule has 0 aromatic heterocycles. The van der Waals surface area contributed by atoms with Gasteiger partial charge in [-0.3, -0.25) is 4.90 Å². The fraction of sp³-hybridized carbons (Fsp3) is 0.625. The van der Waals surface area contributed by atoms with Gasteiger partial charge in [-0.1, -0.05) is 6.07 Å². The Morgan fingerprint density at radius 2 is 1.86 bits per heavy atom. The van der Waals surface area contributed by atoms with E-state index < -0.39 is 11.7 Å². The maximum Gasteiger partial charge on any atom is 0.416 e. The molecular formula is C16H22F3N3. The number of anilines is 1. The average Bonchev–Trinajstić information content (AvgIpc) is 2.55. The lowest BCUT2D eigenvalue weighted by atomic mass is 10.0. The van der Waals surface area contributed by atoms with Crippen LogP contribution in [0.1, 0.15) is 18.4 Å². The quantitative estimate of drug-likeness (QED) is 0.905. The second kappa shape index (κ2) is 6.46. The first-order valence-electron chi connectivity index (χ1n) is 7.91. The molecule has 6 heteroatoms. The zero-order valence-corrected chi connectivity index (χ0v) is 12.6. The second-order valence-electron chi connectivity index (χ2n) is 6.07. The SMILES string of the molecule is FC(F)(F)c1cccc(N2CCN([C@H]3CCCNC3)CC2)c1. The molecule has 0 saturated carbocycles. The van der Waals surface area contributed by atoms with Crippen LogP contribution in [0.15, 0.2) is 24.3 Å². The Morgan fingerprint density at radius 3 is 2.50 bits per heavy atom. The first kappa shape index (κ1) is 15.6. The van der Waals surface area contributed by atoms with E-state index in [1.165, 1.54) is 25.0 Å². The van der Waals surface area contributed by atoms with Crippen molar-refractivity contribution in [3.05, 3.63) is 29.8 Å². The third kappa shape index (κ3) is 3.55. The van der Waals surface area contributed by atoms with Gasteiger partial charge in [-0.05, 0) is 37.6 Å². The summed E-state index contributed by atoms with van der Waals surface area (Å²) in [5.74, 6) is 0. The van der Waals surface area contributed by atoms with Crippen LogP contribution < -0.4 is 10.2 Å². The van der Waals surface area contributed by atoms with E-state index in [0.717, 1.165) is 45.3 Å². The molecule has 122 valence electrons. The maximum atomic E-state index is 12.8. The molecule has 1 atom stereocenters. The third-order valence-electron chi connectivity index (χ3n) is 4.64. The number of rotatable bonds is 2. The summed E-state index contributed by atoms with van der Waals surface area (Å²) in [7, 11) is 0. The zero-order chi connectivity index (χ0) is 15.6. The summed E-state index contributed by atoms with van der Waals surface area (Å²) < 4.78 is 38.4. The fourth-order valence-corrected chi connectivity index (χ4v) is 3.37. The lowest BCUT2D eigenvalue weighted by molar-refractivity contribution is -0.137. The van der Waals surface area contributed by atoms with Crippen LogP contribution in [0.3, 0.4) is 0 Å². The van der Waals surface area contributed by atoms with Gasteiger partial charge in [0, 0.05) is 44.5 Å². The molecule has 1 aromatic carbocycles. The van der Waals surface area contributed by atoms with E-state index in [0.29, 0.717) is 11.7 Å². The number of piperidine rings is 1. The lowest BCUT2D eigenvalue weighted by Crippen LogP contribution is -2.54. The Hall–Kier alpha value is -1.27. The number of nitrogens with zero attached hydrogens (tertiary/aromatic N) is 2. The van der Waals surface area contributed by atoms with E-state index in [1.807, 2.05) is 0 Å². The highest BCUT2D eigenvalue weighted by Gasteiger charge is 2.31. The number of hydrogen-bond donors (Lipinski definition) is 1. The Balaban J connectivity index is 1.61. The van der Waals surface area contributed by atoms with Crippen LogP contribution in [0.2, 0.25) is 0 Å². The predicted molar refractivity (Wildman–Crippen MR) is 81.1 cm³/mol. The van der Waals surface area contributed by atoms with Crippen molar-refractivity contribution in [1.29, 1.82) is 0 Å². The smallest absolute Gasteiger partial charge is 0.369 e. The van der Waals surface area contributed by atoms with Crippen molar-refractivity contribution in [1.82, 2.24) is 10.2 Å². The highest BCUT2D eigenvalue weighted by molar-refractivity contribution is 5.49. The molecule has 0 amide bonds. The number of benzene rings is 1. The van der Waals surface area contributed by atoms with Gasteiger partial charge in [0.15, 0.2) is 0 Å². The summed E-state index contributed by atoms with van der Waals surface area (Å²) in [6.07, 6.45) is -1.85. The van der Waals surface area contributed by atoms with Gasteiger partial charge in [0.1, 0.15) is 0 Å². The van der Waals surface area contributed by atoms with Crippen molar-refractivity contribution >= 4 is 5.69 Å². The van der Waals surface area contributed by atoms with E-state index in [1.54, 1.807) is 6.07 Å².